The number of rotatable bonds is 4. The maximum atomic E-state index is 12.0. The predicted octanol–water partition coefficient (Wildman–Crippen LogP) is 4.81. The molecule has 0 bridgehead atoms. The molecule has 9 heteroatoms. The summed E-state index contributed by atoms with van der Waals surface area (Å²) in [6, 6.07) is 13.7. The second-order valence-electron chi connectivity index (χ2n) is 7.90. The molecule has 0 saturated heterocycles. The molecule has 1 aliphatic rings. The quantitative estimate of drug-likeness (QED) is 0.427. The molecule has 172 valence electrons. The Morgan fingerprint density at radius 2 is 2.09 bits per heavy atom. The van der Waals surface area contributed by atoms with E-state index >= 15 is 0 Å². The van der Waals surface area contributed by atoms with E-state index in [9.17, 15) is 4.79 Å². The molecule has 1 unspecified atom stereocenters. The van der Waals surface area contributed by atoms with Crippen LogP contribution in [0.1, 0.15) is 26.7 Å². The van der Waals surface area contributed by atoms with E-state index < -0.39 is 0 Å². The van der Waals surface area contributed by atoms with Crippen LogP contribution in [0.2, 0.25) is 5.02 Å². The van der Waals surface area contributed by atoms with Gasteiger partial charge in [-0.3, -0.25) is 19.4 Å². The van der Waals surface area contributed by atoms with E-state index in [0.29, 0.717) is 10.6 Å². The number of benzene rings is 1. The van der Waals surface area contributed by atoms with Gasteiger partial charge in [0.05, 0.1) is 16.5 Å². The average molecular weight is 491 g/mol. The lowest BCUT2D eigenvalue weighted by molar-refractivity contribution is 0.0963. The number of fused-ring (bicyclic) bond motifs is 1. The highest BCUT2D eigenvalue weighted by Gasteiger charge is 2.30. The molecule has 1 aliphatic heterocycles. The van der Waals surface area contributed by atoms with Crippen molar-refractivity contribution in [2.45, 2.75) is 5.25 Å². The van der Waals surface area contributed by atoms with Gasteiger partial charge in [-0.2, -0.15) is 5.10 Å². The van der Waals surface area contributed by atoms with Crippen LogP contribution in [0.15, 0.2) is 61.1 Å². The summed E-state index contributed by atoms with van der Waals surface area (Å²) in [6.45, 7) is 0.836. The van der Waals surface area contributed by atoms with Crippen LogP contribution < -0.4 is 10.6 Å². The van der Waals surface area contributed by atoms with Gasteiger partial charge in [0.15, 0.2) is 0 Å². The molecule has 0 radical (unpaired) electrons. The Bertz CT molecular complexity index is 1360. The van der Waals surface area contributed by atoms with Gasteiger partial charge in [-0.15, -0.1) is 11.8 Å². The number of carbonyl (C=O) groups is 1. The van der Waals surface area contributed by atoms with Gasteiger partial charge in [-0.1, -0.05) is 29.8 Å². The van der Waals surface area contributed by atoms with Crippen LogP contribution in [-0.2, 0) is 7.05 Å². The van der Waals surface area contributed by atoms with Crippen molar-refractivity contribution in [2.75, 3.05) is 24.7 Å². The van der Waals surface area contributed by atoms with E-state index in [4.69, 9.17) is 16.7 Å². The minimum absolute atomic E-state index is 0.00687. The monoisotopic (exact) mass is 490 g/mol. The summed E-state index contributed by atoms with van der Waals surface area (Å²) < 4.78 is 1.89. The zero-order valence-corrected chi connectivity index (χ0v) is 20.3. The summed E-state index contributed by atoms with van der Waals surface area (Å²) in [6.07, 6.45) is 5.07. The van der Waals surface area contributed by atoms with Crippen LogP contribution in [0.25, 0.3) is 22.5 Å². The van der Waals surface area contributed by atoms with Crippen molar-refractivity contribution in [1.29, 1.82) is 0 Å². The van der Waals surface area contributed by atoms with E-state index in [1.54, 1.807) is 25.6 Å². The van der Waals surface area contributed by atoms with Crippen molar-refractivity contribution >= 4 is 35.1 Å². The van der Waals surface area contributed by atoms with Crippen molar-refractivity contribution < 1.29 is 4.79 Å². The third kappa shape index (κ3) is 4.15. The van der Waals surface area contributed by atoms with Gasteiger partial charge in [-0.25, -0.2) is 0 Å². The number of thioether (sulfide) groups is 1. The SMILES string of the molecule is CNC(=O)c1cncc(-c2ccc(C3SCCNc4c3c(-c3ccccn3)nn4C)c(Cl)c2)c1. The zero-order chi connectivity index (χ0) is 23.7. The average Bonchev–Trinajstić information content (AvgIpc) is 3.05. The molecule has 1 amide bonds. The lowest BCUT2D eigenvalue weighted by Gasteiger charge is -2.18. The van der Waals surface area contributed by atoms with E-state index in [-0.39, 0.29) is 11.2 Å². The van der Waals surface area contributed by atoms with E-state index in [1.807, 2.05) is 59.9 Å². The van der Waals surface area contributed by atoms with Crippen LogP contribution in [0.4, 0.5) is 5.82 Å². The van der Waals surface area contributed by atoms with Crippen LogP contribution in [0.5, 0.6) is 0 Å². The summed E-state index contributed by atoms with van der Waals surface area (Å²) in [4.78, 5) is 20.8. The molecule has 3 aromatic heterocycles. The molecule has 5 rings (SSSR count). The number of anilines is 1. The number of aryl methyl sites for hydroxylation is 1. The molecular weight excluding hydrogens is 468 g/mol. The molecule has 4 heterocycles. The van der Waals surface area contributed by atoms with Crippen LogP contribution >= 0.6 is 23.4 Å². The van der Waals surface area contributed by atoms with Crippen molar-refractivity contribution in [1.82, 2.24) is 25.1 Å². The maximum absolute atomic E-state index is 12.0. The molecule has 0 spiro atoms. The lowest BCUT2D eigenvalue weighted by atomic mass is 9.98. The first kappa shape index (κ1) is 22.4. The second kappa shape index (κ2) is 9.48. The van der Waals surface area contributed by atoms with Crippen molar-refractivity contribution in [2.24, 2.45) is 7.05 Å². The Labute approximate surface area is 207 Å². The second-order valence-corrected chi connectivity index (χ2v) is 9.52. The minimum atomic E-state index is -0.175. The molecule has 1 aromatic carbocycles. The van der Waals surface area contributed by atoms with Gasteiger partial charge in [0, 0.05) is 61.1 Å². The standard InChI is InChI=1S/C25H23ClN6OS/c1-27-25(33)17-11-16(13-28-14-17)15-6-7-18(19(26)12-15)23-21-22(20-5-3-4-8-29-20)31-32(2)24(21)30-9-10-34-23/h3-8,11-14,23,30H,9-10H2,1-2H3,(H,27,33). The molecule has 0 saturated carbocycles. The number of halogens is 1. The predicted molar refractivity (Wildman–Crippen MR) is 137 cm³/mol. The van der Waals surface area contributed by atoms with Gasteiger partial charge in [-0.05, 0) is 35.4 Å². The Morgan fingerprint density at radius 3 is 2.85 bits per heavy atom. The summed E-state index contributed by atoms with van der Waals surface area (Å²) in [5, 5.41) is 11.6. The Morgan fingerprint density at radius 1 is 1.21 bits per heavy atom. The number of amides is 1. The Hall–Kier alpha value is -3.36. The smallest absolute Gasteiger partial charge is 0.252 e. The zero-order valence-electron chi connectivity index (χ0n) is 18.7. The molecule has 0 fully saturated rings. The van der Waals surface area contributed by atoms with Crippen LogP contribution in [0.3, 0.4) is 0 Å². The summed E-state index contributed by atoms with van der Waals surface area (Å²) >= 11 is 8.72. The number of nitrogens with zero attached hydrogens (tertiary/aromatic N) is 4. The van der Waals surface area contributed by atoms with E-state index in [0.717, 1.165) is 51.8 Å². The number of hydrogen-bond acceptors (Lipinski definition) is 6. The highest BCUT2D eigenvalue weighted by molar-refractivity contribution is 7.99. The van der Waals surface area contributed by atoms with Crippen molar-refractivity contribution in [3.63, 3.8) is 0 Å². The summed E-state index contributed by atoms with van der Waals surface area (Å²) in [5.74, 6) is 1.74. The molecule has 7 nitrogen and oxygen atoms in total. The first-order valence-electron chi connectivity index (χ1n) is 10.9. The topological polar surface area (TPSA) is 84.7 Å². The molecule has 0 aliphatic carbocycles. The number of carbonyl (C=O) groups excluding carboxylic acids is 1. The van der Waals surface area contributed by atoms with Crippen molar-refractivity contribution in [3.05, 3.63) is 82.8 Å². The van der Waals surface area contributed by atoms with E-state index in [1.165, 1.54) is 0 Å². The van der Waals surface area contributed by atoms with Crippen LogP contribution in [-0.4, -0.2) is 45.0 Å². The lowest BCUT2D eigenvalue weighted by Crippen LogP contribution is -2.17. The fraction of sp³-hybridized carbons (Fsp3) is 0.200. The number of pyridine rings is 2. The fourth-order valence-corrected chi connectivity index (χ4v) is 5.74. The third-order valence-electron chi connectivity index (χ3n) is 5.78. The van der Waals surface area contributed by atoms with Gasteiger partial charge in [0.25, 0.3) is 5.91 Å². The van der Waals surface area contributed by atoms with E-state index in [2.05, 4.69) is 26.7 Å². The van der Waals surface area contributed by atoms with Gasteiger partial charge >= 0.3 is 0 Å². The number of aromatic nitrogens is 4. The molecule has 4 aromatic rings. The highest BCUT2D eigenvalue weighted by atomic mass is 35.5. The Kier molecular flexibility index (Phi) is 6.26. The van der Waals surface area contributed by atoms with Crippen molar-refractivity contribution in [3.8, 4) is 22.5 Å². The number of hydrogen-bond donors (Lipinski definition) is 2. The normalized spacial score (nSPS) is 15.2. The number of nitrogens with one attached hydrogen (secondary N) is 2. The molecular formula is C25H23ClN6OS. The van der Waals surface area contributed by atoms with Gasteiger partial charge in [0.2, 0.25) is 0 Å². The minimum Gasteiger partial charge on any atom is -0.369 e. The molecule has 34 heavy (non-hydrogen) atoms. The first-order chi connectivity index (χ1) is 16.6. The molecule has 2 N–H and O–H groups in total. The third-order valence-corrected chi connectivity index (χ3v) is 7.37. The largest absolute Gasteiger partial charge is 0.369 e. The highest BCUT2D eigenvalue weighted by Crippen LogP contribution is 2.47. The molecule has 1 atom stereocenters. The van der Waals surface area contributed by atoms with Gasteiger partial charge in [0.1, 0.15) is 11.5 Å². The summed E-state index contributed by atoms with van der Waals surface area (Å²) in [7, 11) is 3.55. The first-order valence-corrected chi connectivity index (χ1v) is 12.3. The van der Waals surface area contributed by atoms with Gasteiger partial charge < -0.3 is 10.6 Å². The fourth-order valence-electron chi connectivity index (χ4n) is 4.15. The van der Waals surface area contributed by atoms with Crippen LogP contribution in [0, 0.1) is 0 Å². The Balaban J connectivity index is 1.58. The summed E-state index contributed by atoms with van der Waals surface area (Å²) in [5.41, 5.74) is 6.03. The maximum Gasteiger partial charge on any atom is 0.252 e.